The highest BCUT2D eigenvalue weighted by atomic mass is 16.5. The standard InChI is InChI=1S/C44H81NO5/c1-3-5-7-9-11-13-17-22-26-30-34-38-44(49)50-39-35-31-27-23-19-16-14-15-18-21-25-29-33-37-43(48)45-41(40-46)42(47)36-32-28-24-20-12-10-8-6-4-2/h9,11,15,18,25,29,41-42,46-47H,3-8,10,12-14,16-17,19-24,26-28,30-40H2,1-2H3,(H,45,48)/b11-9-,18-15-,29-25-. The number of unbranched alkanes of at least 4 members (excludes halogenated alkanes) is 21. The van der Waals surface area contributed by atoms with E-state index in [2.05, 4.69) is 49.5 Å². The van der Waals surface area contributed by atoms with Gasteiger partial charge in [-0.15, -0.1) is 0 Å². The molecular weight excluding hydrogens is 622 g/mol. The van der Waals surface area contributed by atoms with E-state index >= 15 is 0 Å². The molecule has 6 heteroatoms. The zero-order valence-corrected chi connectivity index (χ0v) is 32.9. The summed E-state index contributed by atoms with van der Waals surface area (Å²) in [5.74, 6) is -0.150. The topological polar surface area (TPSA) is 95.9 Å². The third-order valence-electron chi connectivity index (χ3n) is 9.43. The third kappa shape index (κ3) is 35.9. The van der Waals surface area contributed by atoms with Crippen LogP contribution >= 0.6 is 0 Å². The Hall–Kier alpha value is -1.92. The Morgan fingerprint density at radius 3 is 1.64 bits per heavy atom. The highest BCUT2D eigenvalue weighted by molar-refractivity contribution is 5.76. The Morgan fingerprint density at radius 1 is 0.560 bits per heavy atom. The maximum absolute atomic E-state index is 12.3. The Balaban J connectivity index is 3.58. The van der Waals surface area contributed by atoms with Crippen LogP contribution in [0.2, 0.25) is 0 Å². The predicted molar refractivity (Wildman–Crippen MR) is 213 cm³/mol. The highest BCUT2D eigenvalue weighted by Gasteiger charge is 2.19. The number of carbonyl (C=O) groups excluding carboxylic acids is 2. The molecule has 0 aliphatic carbocycles. The van der Waals surface area contributed by atoms with Crippen molar-refractivity contribution in [2.45, 2.75) is 219 Å². The number of aliphatic hydroxyl groups excluding tert-OH is 2. The van der Waals surface area contributed by atoms with E-state index in [-0.39, 0.29) is 18.5 Å². The summed E-state index contributed by atoms with van der Waals surface area (Å²) in [7, 11) is 0. The van der Waals surface area contributed by atoms with Gasteiger partial charge < -0.3 is 20.3 Å². The minimum absolute atomic E-state index is 0.0297. The van der Waals surface area contributed by atoms with E-state index < -0.39 is 12.1 Å². The summed E-state index contributed by atoms with van der Waals surface area (Å²) in [5.41, 5.74) is 0. The summed E-state index contributed by atoms with van der Waals surface area (Å²) in [6.45, 7) is 4.80. The predicted octanol–water partition coefficient (Wildman–Crippen LogP) is 11.8. The van der Waals surface area contributed by atoms with E-state index in [9.17, 15) is 19.8 Å². The number of hydrogen-bond donors (Lipinski definition) is 3. The van der Waals surface area contributed by atoms with E-state index in [1.54, 1.807) is 0 Å². The lowest BCUT2D eigenvalue weighted by Gasteiger charge is -2.22. The molecule has 0 saturated carbocycles. The molecule has 1 amide bonds. The van der Waals surface area contributed by atoms with Crippen LogP contribution in [0, 0.1) is 0 Å². The highest BCUT2D eigenvalue weighted by Crippen LogP contribution is 2.14. The van der Waals surface area contributed by atoms with Crippen LogP contribution in [0.1, 0.15) is 206 Å². The van der Waals surface area contributed by atoms with Crippen LogP contribution in [-0.4, -0.2) is 47.4 Å². The van der Waals surface area contributed by atoms with Gasteiger partial charge in [0.2, 0.25) is 5.91 Å². The Morgan fingerprint density at radius 2 is 1.04 bits per heavy atom. The molecule has 0 radical (unpaired) electrons. The first-order valence-electron chi connectivity index (χ1n) is 21.2. The van der Waals surface area contributed by atoms with E-state index in [0.717, 1.165) is 51.4 Å². The first-order chi connectivity index (χ1) is 24.5. The van der Waals surface area contributed by atoms with E-state index in [1.165, 1.54) is 116 Å². The second-order valence-electron chi connectivity index (χ2n) is 14.3. The molecule has 3 N–H and O–H groups in total. The minimum Gasteiger partial charge on any atom is -0.466 e. The van der Waals surface area contributed by atoms with Gasteiger partial charge in [0, 0.05) is 12.8 Å². The largest absolute Gasteiger partial charge is 0.466 e. The van der Waals surface area contributed by atoms with Crippen LogP contribution in [-0.2, 0) is 14.3 Å². The Bertz CT molecular complexity index is 823. The fraction of sp³-hybridized carbons (Fsp3) is 0.818. The number of nitrogens with one attached hydrogen (secondary N) is 1. The van der Waals surface area contributed by atoms with Gasteiger partial charge in [0.1, 0.15) is 0 Å². The van der Waals surface area contributed by atoms with Gasteiger partial charge in [0.05, 0.1) is 25.4 Å². The van der Waals surface area contributed by atoms with Crippen molar-refractivity contribution in [3.63, 3.8) is 0 Å². The molecule has 0 aromatic heterocycles. The zero-order valence-electron chi connectivity index (χ0n) is 32.9. The second kappa shape index (κ2) is 39.9. The quantitative estimate of drug-likeness (QED) is 0.0338. The van der Waals surface area contributed by atoms with Crippen molar-refractivity contribution in [2.75, 3.05) is 13.2 Å². The zero-order chi connectivity index (χ0) is 36.6. The van der Waals surface area contributed by atoms with Crippen LogP contribution in [0.4, 0.5) is 0 Å². The number of rotatable bonds is 38. The number of esters is 1. The van der Waals surface area contributed by atoms with Gasteiger partial charge in [-0.25, -0.2) is 0 Å². The van der Waals surface area contributed by atoms with Crippen molar-refractivity contribution in [1.29, 1.82) is 0 Å². The molecule has 0 aromatic carbocycles. The van der Waals surface area contributed by atoms with Crippen molar-refractivity contribution in [2.24, 2.45) is 0 Å². The molecule has 0 rings (SSSR count). The molecule has 0 aliphatic heterocycles. The average Bonchev–Trinajstić information content (AvgIpc) is 3.11. The maximum Gasteiger partial charge on any atom is 0.305 e. The second-order valence-corrected chi connectivity index (χ2v) is 14.3. The summed E-state index contributed by atoms with van der Waals surface area (Å²) >= 11 is 0. The number of ether oxygens (including phenoxy) is 1. The number of carbonyl (C=O) groups is 2. The summed E-state index contributed by atoms with van der Waals surface area (Å²) < 4.78 is 5.41. The van der Waals surface area contributed by atoms with Gasteiger partial charge in [0.15, 0.2) is 0 Å². The Kier molecular flexibility index (Phi) is 38.3. The molecule has 0 spiro atoms. The summed E-state index contributed by atoms with van der Waals surface area (Å²) in [6, 6.07) is -0.583. The van der Waals surface area contributed by atoms with Crippen molar-refractivity contribution >= 4 is 11.9 Å². The molecule has 0 aliphatic rings. The molecule has 0 heterocycles. The van der Waals surface area contributed by atoms with Crippen molar-refractivity contribution in [3.05, 3.63) is 36.5 Å². The van der Waals surface area contributed by atoms with Crippen LogP contribution in [0.25, 0.3) is 0 Å². The van der Waals surface area contributed by atoms with Crippen molar-refractivity contribution in [1.82, 2.24) is 5.32 Å². The first-order valence-corrected chi connectivity index (χ1v) is 21.2. The van der Waals surface area contributed by atoms with E-state index in [4.69, 9.17) is 4.74 Å². The fourth-order valence-corrected chi connectivity index (χ4v) is 6.08. The van der Waals surface area contributed by atoms with Crippen LogP contribution < -0.4 is 5.32 Å². The smallest absolute Gasteiger partial charge is 0.305 e. The lowest BCUT2D eigenvalue weighted by molar-refractivity contribution is -0.143. The SMILES string of the molecule is CCCC/C=C\CCCCCCCC(=O)OCCCCCCCC/C=C\C/C=C\CCC(=O)NC(CO)C(O)CCCCCCCCCCC. The Labute approximate surface area is 309 Å². The number of allylic oxidation sites excluding steroid dienone is 6. The molecule has 50 heavy (non-hydrogen) atoms. The summed E-state index contributed by atoms with van der Waals surface area (Å²) in [6.07, 6.45) is 45.4. The average molecular weight is 704 g/mol. The van der Waals surface area contributed by atoms with Gasteiger partial charge in [0.25, 0.3) is 0 Å². The molecule has 0 bridgehead atoms. The van der Waals surface area contributed by atoms with Crippen molar-refractivity contribution < 1.29 is 24.5 Å². The molecule has 0 saturated heterocycles. The van der Waals surface area contributed by atoms with Gasteiger partial charge in [-0.1, -0.05) is 166 Å². The molecular formula is C44H81NO5. The van der Waals surface area contributed by atoms with Crippen LogP contribution in [0.3, 0.4) is 0 Å². The number of aliphatic hydroxyl groups is 2. The van der Waals surface area contributed by atoms with Gasteiger partial charge in [-0.05, 0) is 64.2 Å². The number of amides is 1. The minimum atomic E-state index is -0.696. The number of hydrogen-bond acceptors (Lipinski definition) is 5. The lowest BCUT2D eigenvalue weighted by Crippen LogP contribution is -2.45. The maximum atomic E-state index is 12.3. The molecule has 0 fully saturated rings. The van der Waals surface area contributed by atoms with E-state index in [0.29, 0.717) is 32.3 Å². The van der Waals surface area contributed by atoms with Crippen molar-refractivity contribution in [3.8, 4) is 0 Å². The summed E-state index contributed by atoms with van der Waals surface area (Å²) in [5, 5.41) is 22.9. The van der Waals surface area contributed by atoms with Gasteiger partial charge >= 0.3 is 5.97 Å². The van der Waals surface area contributed by atoms with Crippen LogP contribution in [0.15, 0.2) is 36.5 Å². The van der Waals surface area contributed by atoms with Crippen LogP contribution in [0.5, 0.6) is 0 Å². The monoisotopic (exact) mass is 704 g/mol. The molecule has 6 nitrogen and oxygen atoms in total. The summed E-state index contributed by atoms with van der Waals surface area (Å²) in [4.78, 5) is 24.2. The molecule has 2 unspecified atom stereocenters. The lowest BCUT2D eigenvalue weighted by atomic mass is 10.0. The molecule has 0 aromatic rings. The third-order valence-corrected chi connectivity index (χ3v) is 9.43. The normalized spacial score (nSPS) is 13.1. The van der Waals surface area contributed by atoms with Gasteiger partial charge in [-0.2, -0.15) is 0 Å². The fourth-order valence-electron chi connectivity index (χ4n) is 6.08. The van der Waals surface area contributed by atoms with Gasteiger partial charge in [-0.3, -0.25) is 9.59 Å². The first kappa shape index (κ1) is 48.1. The molecule has 2 atom stereocenters. The van der Waals surface area contributed by atoms with E-state index in [1.807, 2.05) is 6.08 Å². The molecule has 292 valence electrons.